The predicted molar refractivity (Wildman–Crippen MR) is 99.3 cm³/mol. The largest absolute Gasteiger partial charge is 0.398 e. The molecule has 0 aliphatic carbocycles. The Labute approximate surface area is 150 Å². The molecule has 0 aliphatic rings. The molecule has 1 aromatic heterocycles. The SMILES string of the molecule is Cc1noc(CCSC(c2ccccc2)c2cc(Cl)ccc2N)n1. The summed E-state index contributed by atoms with van der Waals surface area (Å²) in [5, 5.41) is 4.62. The highest BCUT2D eigenvalue weighted by Gasteiger charge is 2.18. The third kappa shape index (κ3) is 4.10. The number of nitrogens with two attached hydrogens (primary N) is 1. The Balaban J connectivity index is 1.81. The van der Waals surface area contributed by atoms with Gasteiger partial charge in [0.15, 0.2) is 5.82 Å². The first kappa shape index (κ1) is 16.9. The number of hydrogen-bond acceptors (Lipinski definition) is 5. The number of aromatic nitrogens is 2. The molecule has 2 aromatic carbocycles. The van der Waals surface area contributed by atoms with Crippen LogP contribution in [0.3, 0.4) is 0 Å². The van der Waals surface area contributed by atoms with Crippen molar-refractivity contribution in [2.24, 2.45) is 0 Å². The quantitative estimate of drug-likeness (QED) is 0.647. The molecule has 0 bridgehead atoms. The molecule has 0 aliphatic heterocycles. The molecule has 1 unspecified atom stereocenters. The maximum absolute atomic E-state index is 6.20. The molecule has 0 amide bonds. The monoisotopic (exact) mass is 359 g/mol. The molecular formula is C18H18ClN3OS. The van der Waals surface area contributed by atoms with Gasteiger partial charge in [-0.25, -0.2) is 0 Å². The summed E-state index contributed by atoms with van der Waals surface area (Å²) in [6.45, 7) is 1.82. The molecule has 0 radical (unpaired) electrons. The number of anilines is 1. The van der Waals surface area contributed by atoms with E-state index in [1.807, 2.05) is 43.3 Å². The fourth-order valence-electron chi connectivity index (χ4n) is 2.47. The lowest BCUT2D eigenvalue weighted by Crippen LogP contribution is -2.03. The molecule has 0 fully saturated rings. The van der Waals surface area contributed by atoms with Crippen molar-refractivity contribution in [1.29, 1.82) is 0 Å². The maximum Gasteiger partial charge on any atom is 0.227 e. The Hall–Kier alpha value is -1.98. The molecule has 0 spiro atoms. The van der Waals surface area contributed by atoms with Crippen LogP contribution in [0.1, 0.15) is 28.1 Å². The van der Waals surface area contributed by atoms with Gasteiger partial charge in [-0.3, -0.25) is 0 Å². The molecule has 124 valence electrons. The summed E-state index contributed by atoms with van der Waals surface area (Å²) in [4.78, 5) is 4.25. The van der Waals surface area contributed by atoms with E-state index in [0.29, 0.717) is 16.7 Å². The van der Waals surface area contributed by atoms with Crippen LogP contribution in [0.5, 0.6) is 0 Å². The molecule has 1 atom stereocenters. The fourth-order valence-corrected chi connectivity index (χ4v) is 3.91. The summed E-state index contributed by atoms with van der Waals surface area (Å²) in [7, 11) is 0. The van der Waals surface area contributed by atoms with Gasteiger partial charge in [0, 0.05) is 22.9 Å². The van der Waals surface area contributed by atoms with Crippen LogP contribution in [-0.2, 0) is 6.42 Å². The van der Waals surface area contributed by atoms with Crippen molar-refractivity contribution in [3.63, 3.8) is 0 Å². The van der Waals surface area contributed by atoms with Gasteiger partial charge >= 0.3 is 0 Å². The molecule has 0 saturated heterocycles. The van der Waals surface area contributed by atoms with Gasteiger partial charge in [0.1, 0.15) is 0 Å². The maximum atomic E-state index is 6.20. The van der Waals surface area contributed by atoms with Crippen molar-refractivity contribution in [3.8, 4) is 0 Å². The van der Waals surface area contributed by atoms with Crippen LogP contribution >= 0.6 is 23.4 Å². The zero-order chi connectivity index (χ0) is 16.9. The Morgan fingerprint density at radius 2 is 2.00 bits per heavy atom. The van der Waals surface area contributed by atoms with E-state index in [4.69, 9.17) is 21.9 Å². The summed E-state index contributed by atoms with van der Waals surface area (Å²) in [5.74, 6) is 2.16. The van der Waals surface area contributed by atoms with Crippen LogP contribution in [0.25, 0.3) is 0 Å². The van der Waals surface area contributed by atoms with Gasteiger partial charge in [0.2, 0.25) is 5.89 Å². The molecule has 6 heteroatoms. The third-order valence-corrected chi connectivity index (χ3v) is 5.14. The van der Waals surface area contributed by atoms with Gasteiger partial charge in [-0.1, -0.05) is 47.1 Å². The summed E-state index contributed by atoms with van der Waals surface area (Å²) >= 11 is 7.97. The van der Waals surface area contributed by atoms with E-state index in [9.17, 15) is 0 Å². The van der Waals surface area contributed by atoms with Crippen LogP contribution in [0, 0.1) is 6.92 Å². The zero-order valence-corrected chi connectivity index (χ0v) is 14.8. The minimum atomic E-state index is 0.105. The number of thioether (sulfide) groups is 1. The number of nitrogens with zero attached hydrogens (tertiary/aromatic N) is 2. The summed E-state index contributed by atoms with van der Waals surface area (Å²) in [5.41, 5.74) is 9.17. The molecule has 3 aromatic rings. The van der Waals surface area contributed by atoms with Gasteiger partial charge in [0.25, 0.3) is 0 Å². The molecule has 24 heavy (non-hydrogen) atoms. The zero-order valence-electron chi connectivity index (χ0n) is 13.3. The Morgan fingerprint density at radius 1 is 1.21 bits per heavy atom. The average molecular weight is 360 g/mol. The first-order chi connectivity index (χ1) is 11.6. The smallest absolute Gasteiger partial charge is 0.227 e. The van der Waals surface area contributed by atoms with Gasteiger partial charge in [-0.05, 0) is 36.2 Å². The summed E-state index contributed by atoms with van der Waals surface area (Å²) in [6, 6.07) is 15.9. The van der Waals surface area contributed by atoms with Gasteiger partial charge in [-0.2, -0.15) is 4.98 Å². The minimum absolute atomic E-state index is 0.105. The van der Waals surface area contributed by atoms with Crippen molar-refractivity contribution < 1.29 is 4.52 Å². The second-order valence-corrected chi connectivity index (χ2v) is 7.07. The molecule has 3 rings (SSSR count). The number of nitrogen functional groups attached to an aromatic ring is 1. The second kappa shape index (κ2) is 7.73. The lowest BCUT2D eigenvalue weighted by atomic mass is 10.0. The molecular weight excluding hydrogens is 342 g/mol. The normalized spacial score (nSPS) is 12.2. The van der Waals surface area contributed by atoms with Crippen LogP contribution in [0.15, 0.2) is 53.1 Å². The fraction of sp³-hybridized carbons (Fsp3) is 0.222. The van der Waals surface area contributed by atoms with Crippen molar-refractivity contribution in [2.45, 2.75) is 18.6 Å². The van der Waals surface area contributed by atoms with Crippen molar-refractivity contribution in [3.05, 3.63) is 76.4 Å². The van der Waals surface area contributed by atoms with Crippen LogP contribution in [-0.4, -0.2) is 15.9 Å². The van der Waals surface area contributed by atoms with Gasteiger partial charge in [0.05, 0.1) is 5.25 Å². The second-order valence-electron chi connectivity index (χ2n) is 5.42. The van der Waals surface area contributed by atoms with Gasteiger partial charge < -0.3 is 10.3 Å². The van der Waals surface area contributed by atoms with Crippen LogP contribution in [0.4, 0.5) is 5.69 Å². The average Bonchev–Trinajstić information content (AvgIpc) is 3.00. The minimum Gasteiger partial charge on any atom is -0.398 e. The Bertz CT molecular complexity index is 807. The first-order valence-electron chi connectivity index (χ1n) is 7.64. The number of benzene rings is 2. The van der Waals surface area contributed by atoms with Crippen molar-refractivity contribution >= 4 is 29.1 Å². The van der Waals surface area contributed by atoms with E-state index in [-0.39, 0.29) is 5.25 Å². The van der Waals surface area contributed by atoms with E-state index in [1.165, 1.54) is 5.56 Å². The summed E-state index contributed by atoms with van der Waals surface area (Å²) < 4.78 is 5.18. The number of halogens is 1. The van der Waals surface area contributed by atoms with E-state index in [2.05, 4.69) is 22.3 Å². The highest BCUT2D eigenvalue weighted by atomic mass is 35.5. The predicted octanol–water partition coefficient (Wildman–Crippen LogP) is 4.68. The van der Waals surface area contributed by atoms with E-state index < -0.39 is 0 Å². The van der Waals surface area contributed by atoms with Crippen LogP contribution < -0.4 is 5.73 Å². The number of aryl methyl sites for hydroxylation is 2. The van der Waals surface area contributed by atoms with Crippen LogP contribution in [0.2, 0.25) is 5.02 Å². The standard InChI is InChI=1S/C18H18ClN3OS/c1-12-21-17(23-22-12)9-10-24-18(13-5-3-2-4-6-13)15-11-14(19)7-8-16(15)20/h2-8,11,18H,9-10,20H2,1H3. The highest BCUT2D eigenvalue weighted by molar-refractivity contribution is 7.99. The molecule has 4 nitrogen and oxygen atoms in total. The number of rotatable bonds is 6. The lowest BCUT2D eigenvalue weighted by molar-refractivity contribution is 0.379. The molecule has 0 saturated carbocycles. The molecule has 1 heterocycles. The number of hydrogen-bond donors (Lipinski definition) is 1. The van der Waals surface area contributed by atoms with Crippen molar-refractivity contribution in [2.75, 3.05) is 11.5 Å². The third-order valence-electron chi connectivity index (χ3n) is 3.60. The summed E-state index contributed by atoms with van der Waals surface area (Å²) in [6.07, 6.45) is 0.718. The first-order valence-corrected chi connectivity index (χ1v) is 9.07. The highest BCUT2D eigenvalue weighted by Crippen LogP contribution is 2.39. The lowest BCUT2D eigenvalue weighted by Gasteiger charge is -2.19. The van der Waals surface area contributed by atoms with E-state index >= 15 is 0 Å². The van der Waals surface area contributed by atoms with E-state index in [0.717, 1.165) is 23.4 Å². The topological polar surface area (TPSA) is 64.9 Å². The van der Waals surface area contributed by atoms with Gasteiger partial charge in [-0.15, -0.1) is 11.8 Å². The van der Waals surface area contributed by atoms with Crippen molar-refractivity contribution in [1.82, 2.24) is 10.1 Å². The van der Waals surface area contributed by atoms with E-state index in [1.54, 1.807) is 11.8 Å². The Kier molecular flexibility index (Phi) is 5.43. The molecule has 2 N–H and O–H groups in total. The Morgan fingerprint density at radius 3 is 2.71 bits per heavy atom.